The van der Waals surface area contributed by atoms with Crippen molar-refractivity contribution in [3.05, 3.63) is 64.0 Å². The van der Waals surface area contributed by atoms with Crippen molar-refractivity contribution < 1.29 is 18.8 Å². The van der Waals surface area contributed by atoms with Crippen LogP contribution in [0, 0.1) is 0 Å². The van der Waals surface area contributed by atoms with Crippen LogP contribution in [0.3, 0.4) is 0 Å². The molecule has 0 unspecified atom stereocenters. The Morgan fingerprint density at radius 1 is 1.31 bits per heavy atom. The molecule has 0 aliphatic heterocycles. The molecule has 0 saturated carbocycles. The van der Waals surface area contributed by atoms with Gasteiger partial charge in [-0.15, -0.1) is 11.3 Å². The monoisotopic (exact) mass is 474 g/mol. The number of esters is 1. The molecule has 0 aliphatic carbocycles. The van der Waals surface area contributed by atoms with Crippen molar-refractivity contribution >= 4 is 33.2 Å². The van der Waals surface area contributed by atoms with Gasteiger partial charge in [-0.3, -0.25) is 0 Å². The first kappa shape index (κ1) is 19.3. The highest BCUT2D eigenvalue weighted by molar-refractivity contribution is 9.10. The van der Waals surface area contributed by atoms with Crippen LogP contribution in [-0.4, -0.2) is 32.5 Å². The highest BCUT2D eigenvalue weighted by Gasteiger charge is 2.21. The molecule has 4 aromatic rings. The van der Waals surface area contributed by atoms with Crippen molar-refractivity contribution in [3.63, 3.8) is 0 Å². The Labute approximate surface area is 178 Å². The number of halogens is 1. The Morgan fingerprint density at radius 2 is 2.14 bits per heavy atom. The normalized spacial score (nSPS) is 10.8. The number of ether oxygens (including phenoxy) is 2. The number of rotatable bonds is 7. The molecule has 0 fully saturated rings. The van der Waals surface area contributed by atoms with E-state index >= 15 is 0 Å². The number of carbonyl (C=O) groups excluding carboxylic acids is 1. The van der Waals surface area contributed by atoms with Gasteiger partial charge in [-0.2, -0.15) is 10.1 Å². The number of nitrogens with zero attached hydrogens (tertiary/aromatic N) is 4. The molecule has 0 N–H and O–H groups in total. The molecular formula is C19H15BrN4O4S. The van der Waals surface area contributed by atoms with Gasteiger partial charge in [-0.25, -0.2) is 9.48 Å². The summed E-state index contributed by atoms with van der Waals surface area (Å²) in [7, 11) is 0. The maximum atomic E-state index is 12.3. The van der Waals surface area contributed by atoms with Crippen molar-refractivity contribution in [1.82, 2.24) is 19.9 Å². The van der Waals surface area contributed by atoms with E-state index < -0.39 is 5.97 Å². The van der Waals surface area contributed by atoms with Gasteiger partial charge in [0.2, 0.25) is 11.5 Å². The minimum absolute atomic E-state index is 0.00751. The lowest BCUT2D eigenvalue weighted by atomic mass is 10.3. The quantitative estimate of drug-likeness (QED) is 0.364. The zero-order valence-corrected chi connectivity index (χ0v) is 17.6. The van der Waals surface area contributed by atoms with Gasteiger partial charge < -0.3 is 14.0 Å². The van der Waals surface area contributed by atoms with Gasteiger partial charge in [0.15, 0.2) is 12.4 Å². The Balaban J connectivity index is 1.55. The van der Waals surface area contributed by atoms with E-state index in [4.69, 9.17) is 14.0 Å². The predicted molar refractivity (Wildman–Crippen MR) is 109 cm³/mol. The summed E-state index contributed by atoms with van der Waals surface area (Å²) in [5.41, 5.74) is 0.869. The van der Waals surface area contributed by atoms with Crippen LogP contribution in [0.4, 0.5) is 0 Å². The van der Waals surface area contributed by atoms with Crippen LogP contribution in [0.15, 0.2) is 57.0 Å². The molecule has 8 nitrogen and oxygen atoms in total. The standard InChI is InChI=1S/C19H15BrN4O4S/c1-2-26-19(25)17-14(9-24(22-17)13-6-4-3-5-7-13)27-10-16-21-18(23-28-16)15-8-12(20)11-29-15/h3-9,11H,2,10H2,1H3. The predicted octanol–water partition coefficient (Wildman–Crippen LogP) is 4.50. The maximum absolute atomic E-state index is 12.3. The molecular weight excluding hydrogens is 460 g/mol. The zero-order chi connectivity index (χ0) is 20.2. The SMILES string of the molecule is CCOC(=O)c1nn(-c2ccccc2)cc1OCc1nc(-c2cc(Br)cs2)no1. The summed E-state index contributed by atoms with van der Waals surface area (Å²) in [4.78, 5) is 17.5. The van der Waals surface area contributed by atoms with Gasteiger partial charge >= 0.3 is 5.97 Å². The molecule has 148 valence electrons. The third-order valence-electron chi connectivity index (χ3n) is 3.78. The molecule has 3 heterocycles. The van der Waals surface area contributed by atoms with Gasteiger partial charge in [0.05, 0.1) is 23.4 Å². The first-order valence-corrected chi connectivity index (χ1v) is 10.3. The number of para-hydroxylation sites is 1. The van der Waals surface area contributed by atoms with Crippen molar-refractivity contribution in [3.8, 4) is 22.1 Å². The summed E-state index contributed by atoms with van der Waals surface area (Å²) < 4.78 is 18.6. The Kier molecular flexibility index (Phi) is 5.72. The third kappa shape index (κ3) is 4.38. The van der Waals surface area contributed by atoms with Crippen molar-refractivity contribution in [2.24, 2.45) is 0 Å². The third-order valence-corrected chi connectivity index (χ3v) is 5.46. The molecule has 0 atom stereocenters. The second kappa shape index (κ2) is 8.58. The van der Waals surface area contributed by atoms with E-state index in [0.29, 0.717) is 5.82 Å². The summed E-state index contributed by atoms with van der Waals surface area (Å²) in [5, 5.41) is 10.2. The summed E-state index contributed by atoms with van der Waals surface area (Å²) in [6.45, 7) is 1.96. The summed E-state index contributed by atoms with van der Waals surface area (Å²) in [5.74, 6) is 0.467. The van der Waals surface area contributed by atoms with E-state index in [2.05, 4.69) is 31.2 Å². The van der Waals surface area contributed by atoms with E-state index in [1.165, 1.54) is 11.3 Å². The summed E-state index contributed by atoms with van der Waals surface area (Å²) in [6.07, 6.45) is 1.62. The topological polar surface area (TPSA) is 92.3 Å². The highest BCUT2D eigenvalue weighted by Crippen LogP contribution is 2.28. The molecule has 0 bridgehead atoms. The molecule has 3 aromatic heterocycles. The van der Waals surface area contributed by atoms with Crippen LogP contribution in [0.2, 0.25) is 0 Å². The van der Waals surface area contributed by atoms with Crippen molar-refractivity contribution in [2.75, 3.05) is 6.61 Å². The van der Waals surface area contributed by atoms with Crippen LogP contribution in [0.5, 0.6) is 5.75 Å². The largest absolute Gasteiger partial charge is 0.479 e. The first-order chi connectivity index (χ1) is 14.1. The number of benzene rings is 1. The molecule has 0 radical (unpaired) electrons. The smallest absolute Gasteiger partial charge is 0.362 e. The van der Waals surface area contributed by atoms with Crippen LogP contribution < -0.4 is 4.74 Å². The van der Waals surface area contributed by atoms with Gasteiger partial charge in [0.1, 0.15) is 0 Å². The van der Waals surface area contributed by atoms with Gasteiger partial charge in [-0.1, -0.05) is 23.4 Å². The fraction of sp³-hybridized carbons (Fsp3) is 0.158. The van der Waals surface area contributed by atoms with E-state index in [1.54, 1.807) is 17.8 Å². The van der Waals surface area contributed by atoms with Gasteiger partial charge in [0.25, 0.3) is 5.89 Å². The lowest BCUT2D eigenvalue weighted by Crippen LogP contribution is -2.08. The molecule has 1 aromatic carbocycles. The van der Waals surface area contributed by atoms with Crippen LogP contribution in [0.1, 0.15) is 23.3 Å². The second-order valence-corrected chi connectivity index (χ2v) is 7.60. The van der Waals surface area contributed by atoms with Crippen LogP contribution >= 0.6 is 27.3 Å². The molecule has 4 rings (SSSR count). The lowest BCUT2D eigenvalue weighted by Gasteiger charge is -2.02. The summed E-state index contributed by atoms with van der Waals surface area (Å²) >= 11 is 4.90. The fourth-order valence-corrected chi connectivity index (χ4v) is 3.85. The number of carbonyl (C=O) groups is 1. The summed E-state index contributed by atoms with van der Waals surface area (Å²) in [6, 6.07) is 11.3. The van der Waals surface area contributed by atoms with Crippen LogP contribution in [0.25, 0.3) is 16.4 Å². The molecule has 0 saturated heterocycles. The van der Waals surface area contributed by atoms with Crippen LogP contribution in [-0.2, 0) is 11.3 Å². The molecule has 0 aliphatic rings. The molecule has 0 spiro atoms. The highest BCUT2D eigenvalue weighted by atomic mass is 79.9. The van der Waals surface area contributed by atoms with E-state index in [9.17, 15) is 4.79 Å². The second-order valence-electron chi connectivity index (χ2n) is 5.77. The van der Waals surface area contributed by atoms with Gasteiger partial charge in [-0.05, 0) is 41.1 Å². The van der Waals surface area contributed by atoms with E-state index in [1.807, 2.05) is 41.8 Å². The van der Waals surface area contributed by atoms with Gasteiger partial charge in [0, 0.05) is 9.85 Å². The Hall–Kier alpha value is -2.98. The number of hydrogen-bond donors (Lipinski definition) is 0. The first-order valence-electron chi connectivity index (χ1n) is 8.66. The average Bonchev–Trinajstić information content (AvgIpc) is 3.46. The fourth-order valence-electron chi connectivity index (χ4n) is 2.50. The number of thiophene rings is 1. The minimum Gasteiger partial charge on any atom is -0.479 e. The molecule has 0 amide bonds. The number of hydrogen-bond acceptors (Lipinski definition) is 8. The number of aromatic nitrogens is 4. The average molecular weight is 475 g/mol. The van der Waals surface area contributed by atoms with Crippen molar-refractivity contribution in [2.45, 2.75) is 13.5 Å². The molecule has 29 heavy (non-hydrogen) atoms. The van der Waals surface area contributed by atoms with Crippen molar-refractivity contribution in [1.29, 1.82) is 0 Å². The minimum atomic E-state index is -0.563. The Morgan fingerprint density at radius 3 is 2.86 bits per heavy atom. The van der Waals surface area contributed by atoms with E-state index in [0.717, 1.165) is 15.0 Å². The van der Waals surface area contributed by atoms with E-state index in [-0.39, 0.29) is 30.5 Å². The lowest BCUT2D eigenvalue weighted by molar-refractivity contribution is 0.0513. The zero-order valence-electron chi connectivity index (χ0n) is 15.2. The Bertz CT molecular complexity index is 1120. The maximum Gasteiger partial charge on any atom is 0.362 e. The molecule has 10 heteroatoms.